The average Bonchev–Trinajstić information content (AvgIpc) is 2.65. The number of aromatic amines is 1. The van der Waals surface area contributed by atoms with Gasteiger partial charge in [-0.05, 0) is 13.3 Å². The minimum absolute atomic E-state index is 0.0337. The first-order chi connectivity index (χ1) is 8.11. The minimum Gasteiger partial charge on any atom is -0.481 e. The largest absolute Gasteiger partial charge is 0.481 e. The Hall–Kier alpha value is -2.12. The van der Waals surface area contributed by atoms with Crippen molar-refractivity contribution >= 4 is 17.8 Å². The number of rotatable bonds is 7. The van der Waals surface area contributed by atoms with Crippen molar-refractivity contribution < 1.29 is 19.4 Å². The summed E-state index contributed by atoms with van der Waals surface area (Å²) in [6, 6.07) is 0.160. The molecule has 0 aliphatic heterocycles. The molecule has 0 unspecified atom stereocenters. The van der Waals surface area contributed by atoms with Crippen molar-refractivity contribution in [2.75, 3.05) is 11.9 Å². The molecule has 0 aliphatic rings. The molecule has 8 nitrogen and oxygen atoms in total. The van der Waals surface area contributed by atoms with Crippen LogP contribution in [0.4, 0.5) is 5.95 Å². The molecule has 0 radical (unpaired) electrons. The minimum atomic E-state index is -0.920. The number of anilines is 1. The summed E-state index contributed by atoms with van der Waals surface area (Å²) in [5.74, 6) is -1.05. The van der Waals surface area contributed by atoms with Crippen LogP contribution in [-0.2, 0) is 9.59 Å². The predicted molar refractivity (Wildman–Crippen MR) is 57.7 cm³/mol. The number of aliphatic carboxylic acids is 1. The maximum Gasteiger partial charge on any atom is 0.337 e. The monoisotopic (exact) mass is 242 g/mol. The van der Waals surface area contributed by atoms with E-state index in [2.05, 4.69) is 20.5 Å². The highest BCUT2D eigenvalue weighted by Gasteiger charge is 2.08. The highest BCUT2D eigenvalue weighted by Crippen LogP contribution is 2.06. The topological polar surface area (TPSA) is 117 Å². The first-order valence-corrected chi connectivity index (χ1v) is 5.18. The van der Waals surface area contributed by atoms with Crippen molar-refractivity contribution in [2.24, 2.45) is 0 Å². The summed E-state index contributed by atoms with van der Waals surface area (Å²) in [7, 11) is 0. The van der Waals surface area contributed by atoms with Crippen molar-refractivity contribution in [2.45, 2.75) is 26.2 Å². The van der Waals surface area contributed by atoms with Gasteiger partial charge in [0.05, 0.1) is 6.61 Å². The van der Waals surface area contributed by atoms with E-state index in [9.17, 15) is 9.59 Å². The van der Waals surface area contributed by atoms with Gasteiger partial charge in [-0.1, -0.05) is 0 Å². The SMILES string of the molecule is CCOc1n[nH]c(NC(=O)CCCC(=O)O)n1. The standard InChI is InChI=1S/C9H14N4O4/c1-2-17-9-11-8(12-13-9)10-6(14)4-3-5-7(15)16/h2-5H2,1H3,(H,15,16)(H2,10,11,12,13,14). The van der Waals surface area contributed by atoms with Gasteiger partial charge in [-0.3, -0.25) is 14.9 Å². The van der Waals surface area contributed by atoms with Crippen LogP contribution in [0.5, 0.6) is 6.01 Å². The first kappa shape index (κ1) is 12.9. The van der Waals surface area contributed by atoms with Gasteiger partial charge in [0.2, 0.25) is 11.9 Å². The van der Waals surface area contributed by atoms with Crippen LogP contribution in [-0.4, -0.2) is 38.8 Å². The molecule has 1 heterocycles. The molecule has 0 bridgehead atoms. The molecule has 0 saturated heterocycles. The molecule has 1 amide bonds. The Morgan fingerprint density at radius 1 is 1.47 bits per heavy atom. The molecular formula is C9H14N4O4. The maximum absolute atomic E-state index is 11.3. The van der Waals surface area contributed by atoms with Crippen molar-refractivity contribution in [3.05, 3.63) is 0 Å². The third-order valence-corrected chi connectivity index (χ3v) is 1.79. The molecule has 17 heavy (non-hydrogen) atoms. The number of carbonyl (C=O) groups excluding carboxylic acids is 1. The van der Waals surface area contributed by atoms with Gasteiger partial charge >= 0.3 is 12.0 Å². The van der Waals surface area contributed by atoms with E-state index in [1.54, 1.807) is 6.92 Å². The number of H-pyrrole nitrogens is 1. The highest BCUT2D eigenvalue weighted by atomic mass is 16.5. The van der Waals surface area contributed by atoms with E-state index in [1.807, 2.05) is 0 Å². The second kappa shape index (κ2) is 6.46. The normalized spacial score (nSPS) is 9.94. The fraction of sp³-hybridized carbons (Fsp3) is 0.556. The van der Waals surface area contributed by atoms with E-state index in [0.717, 1.165) is 0 Å². The van der Waals surface area contributed by atoms with Crippen LogP contribution in [0.15, 0.2) is 0 Å². The average molecular weight is 242 g/mol. The lowest BCUT2D eigenvalue weighted by Crippen LogP contribution is -2.13. The zero-order valence-corrected chi connectivity index (χ0v) is 9.39. The number of hydrogen-bond acceptors (Lipinski definition) is 5. The van der Waals surface area contributed by atoms with Crippen LogP contribution >= 0.6 is 0 Å². The fourth-order valence-electron chi connectivity index (χ4n) is 1.09. The number of nitrogens with zero attached hydrogens (tertiary/aromatic N) is 2. The predicted octanol–water partition coefficient (Wildman–Crippen LogP) is 0.397. The number of carbonyl (C=O) groups is 2. The number of ether oxygens (including phenoxy) is 1. The summed E-state index contributed by atoms with van der Waals surface area (Å²) in [6.07, 6.45) is 0.374. The zero-order valence-electron chi connectivity index (χ0n) is 9.39. The second-order valence-electron chi connectivity index (χ2n) is 3.20. The maximum atomic E-state index is 11.3. The molecule has 0 saturated carbocycles. The Morgan fingerprint density at radius 3 is 2.88 bits per heavy atom. The zero-order chi connectivity index (χ0) is 12.7. The lowest BCUT2D eigenvalue weighted by Gasteiger charge is -1.99. The summed E-state index contributed by atoms with van der Waals surface area (Å²) in [6.45, 7) is 2.23. The number of carboxylic acids is 1. The van der Waals surface area contributed by atoms with Gasteiger partial charge in [0.15, 0.2) is 0 Å². The van der Waals surface area contributed by atoms with E-state index < -0.39 is 5.97 Å². The van der Waals surface area contributed by atoms with Crippen LogP contribution in [0.1, 0.15) is 26.2 Å². The Bertz CT molecular complexity index is 390. The number of hydrogen-bond donors (Lipinski definition) is 3. The Kier molecular flexibility index (Phi) is 4.92. The number of aromatic nitrogens is 3. The third-order valence-electron chi connectivity index (χ3n) is 1.79. The fourth-order valence-corrected chi connectivity index (χ4v) is 1.09. The van der Waals surface area contributed by atoms with Crippen LogP contribution < -0.4 is 10.1 Å². The highest BCUT2D eigenvalue weighted by molar-refractivity contribution is 5.89. The summed E-state index contributed by atoms with van der Waals surface area (Å²) in [5, 5.41) is 17.0. The number of amides is 1. The van der Waals surface area contributed by atoms with Gasteiger partial charge in [-0.25, -0.2) is 5.10 Å². The molecular weight excluding hydrogens is 228 g/mol. The molecule has 94 valence electrons. The smallest absolute Gasteiger partial charge is 0.337 e. The molecule has 0 aliphatic carbocycles. The van der Waals surface area contributed by atoms with E-state index in [1.165, 1.54) is 0 Å². The van der Waals surface area contributed by atoms with Gasteiger partial charge in [0, 0.05) is 12.8 Å². The molecule has 8 heteroatoms. The molecule has 1 aromatic heterocycles. The summed E-state index contributed by atoms with van der Waals surface area (Å²) in [4.78, 5) is 25.4. The van der Waals surface area contributed by atoms with E-state index in [4.69, 9.17) is 9.84 Å². The summed E-state index contributed by atoms with van der Waals surface area (Å²) < 4.78 is 5.00. The molecule has 1 rings (SSSR count). The molecule has 1 aromatic rings. The number of carboxylic acid groups (broad SMARTS) is 1. The number of nitrogens with one attached hydrogen (secondary N) is 2. The van der Waals surface area contributed by atoms with Gasteiger partial charge in [-0.2, -0.15) is 4.98 Å². The van der Waals surface area contributed by atoms with E-state index in [0.29, 0.717) is 6.61 Å². The quantitative estimate of drug-likeness (QED) is 0.637. The lowest BCUT2D eigenvalue weighted by atomic mass is 10.2. The van der Waals surface area contributed by atoms with Crippen molar-refractivity contribution in [3.63, 3.8) is 0 Å². The van der Waals surface area contributed by atoms with Gasteiger partial charge < -0.3 is 9.84 Å². The molecule has 0 atom stereocenters. The van der Waals surface area contributed by atoms with Gasteiger partial charge in [-0.15, -0.1) is 5.10 Å². The summed E-state index contributed by atoms with van der Waals surface area (Å²) in [5.41, 5.74) is 0. The van der Waals surface area contributed by atoms with Crippen LogP contribution in [0, 0.1) is 0 Å². The van der Waals surface area contributed by atoms with Crippen LogP contribution in [0.2, 0.25) is 0 Å². The van der Waals surface area contributed by atoms with Gasteiger partial charge in [0.25, 0.3) is 0 Å². The Morgan fingerprint density at radius 2 is 2.24 bits per heavy atom. The molecule has 3 N–H and O–H groups in total. The molecule has 0 fully saturated rings. The van der Waals surface area contributed by atoms with Crippen molar-refractivity contribution in [3.8, 4) is 6.01 Å². The molecule has 0 aromatic carbocycles. The van der Waals surface area contributed by atoms with E-state index in [-0.39, 0.29) is 37.1 Å². The van der Waals surface area contributed by atoms with Crippen LogP contribution in [0.3, 0.4) is 0 Å². The van der Waals surface area contributed by atoms with Gasteiger partial charge in [0.1, 0.15) is 0 Å². The second-order valence-corrected chi connectivity index (χ2v) is 3.20. The third kappa shape index (κ3) is 4.96. The summed E-state index contributed by atoms with van der Waals surface area (Å²) >= 11 is 0. The molecule has 0 spiro atoms. The van der Waals surface area contributed by atoms with Crippen LogP contribution in [0.25, 0.3) is 0 Å². The van der Waals surface area contributed by atoms with E-state index >= 15 is 0 Å². The first-order valence-electron chi connectivity index (χ1n) is 5.18. The Balaban J connectivity index is 2.31. The van der Waals surface area contributed by atoms with Crippen molar-refractivity contribution in [1.29, 1.82) is 0 Å². The Labute approximate surface area is 97.4 Å². The van der Waals surface area contributed by atoms with Crippen molar-refractivity contribution in [1.82, 2.24) is 15.2 Å². The lowest BCUT2D eigenvalue weighted by molar-refractivity contribution is -0.137.